The van der Waals surface area contributed by atoms with Crippen molar-refractivity contribution in [3.05, 3.63) is 60.0 Å². The largest absolute Gasteiger partial charge is 0.322 e. The SMILES string of the molecule is CC(=O)N1CCc2cc(NC(=O)c3cnn(C)c3-n3cccc3)ccc21. The smallest absolute Gasteiger partial charge is 0.261 e. The number of amides is 2. The van der Waals surface area contributed by atoms with Crippen molar-refractivity contribution in [1.82, 2.24) is 14.3 Å². The molecule has 1 aromatic carbocycles. The Labute approximate surface area is 150 Å². The van der Waals surface area contributed by atoms with E-state index in [9.17, 15) is 9.59 Å². The van der Waals surface area contributed by atoms with Crippen molar-refractivity contribution in [3.63, 3.8) is 0 Å². The summed E-state index contributed by atoms with van der Waals surface area (Å²) in [6.45, 7) is 2.25. The Morgan fingerprint density at radius 1 is 1.19 bits per heavy atom. The molecule has 0 radical (unpaired) electrons. The fourth-order valence-electron chi connectivity index (χ4n) is 3.38. The fraction of sp³-hybridized carbons (Fsp3) is 0.211. The van der Waals surface area contributed by atoms with E-state index in [1.54, 1.807) is 29.7 Å². The quantitative estimate of drug-likeness (QED) is 0.789. The van der Waals surface area contributed by atoms with Gasteiger partial charge in [-0.1, -0.05) is 0 Å². The Bertz CT molecular complexity index is 988. The molecule has 0 spiro atoms. The molecule has 0 saturated heterocycles. The maximum Gasteiger partial charge on any atom is 0.261 e. The van der Waals surface area contributed by atoms with E-state index in [4.69, 9.17) is 0 Å². The molecular formula is C19H19N5O2. The highest BCUT2D eigenvalue weighted by atomic mass is 16.2. The summed E-state index contributed by atoms with van der Waals surface area (Å²) < 4.78 is 3.53. The molecule has 0 aliphatic carbocycles. The van der Waals surface area contributed by atoms with Gasteiger partial charge < -0.3 is 14.8 Å². The Balaban J connectivity index is 1.60. The van der Waals surface area contributed by atoms with Gasteiger partial charge in [0.1, 0.15) is 11.4 Å². The van der Waals surface area contributed by atoms with Crippen LogP contribution in [0.1, 0.15) is 22.8 Å². The van der Waals surface area contributed by atoms with Crippen molar-refractivity contribution in [2.24, 2.45) is 7.05 Å². The highest BCUT2D eigenvalue weighted by molar-refractivity contribution is 6.06. The van der Waals surface area contributed by atoms with E-state index in [1.165, 1.54) is 0 Å². The first-order valence-corrected chi connectivity index (χ1v) is 8.42. The van der Waals surface area contributed by atoms with Crippen molar-refractivity contribution in [2.75, 3.05) is 16.8 Å². The van der Waals surface area contributed by atoms with Crippen molar-refractivity contribution in [1.29, 1.82) is 0 Å². The van der Waals surface area contributed by atoms with Crippen LogP contribution in [-0.4, -0.2) is 32.7 Å². The first-order chi connectivity index (χ1) is 12.5. The van der Waals surface area contributed by atoms with Crippen LogP contribution in [0.25, 0.3) is 5.82 Å². The van der Waals surface area contributed by atoms with Gasteiger partial charge in [-0.2, -0.15) is 5.10 Å². The molecule has 132 valence electrons. The first kappa shape index (κ1) is 16.1. The van der Waals surface area contributed by atoms with E-state index in [0.29, 0.717) is 23.6 Å². The highest BCUT2D eigenvalue weighted by Crippen LogP contribution is 2.30. The van der Waals surface area contributed by atoms with Crippen LogP contribution in [0.15, 0.2) is 48.9 Å². The van der Waals surface area contributed by atoms with Gasteiger partial charge in [-0.25, -0.2) is 0 Å². The van der Waals surface area contributed by atoms with Gasteiger partial charge in [-0.05, 0) is 42.3 Å². The van der Waals surface area contributed by atoms with E-state index < -0.39 is 0 Å². The molecule has 0 fully saturated rings. The van der Waals surface area contributed by atoms with Crippen molar-refractivity contribution in [2.45, 2.75) is 13.3 Å². The third kappa shape index (κ3) is 2.67. The number of nitrogens with zero attached hydrogens (tertiary/aromatic N) is 4. The van der Waals surface area contributed by atoms with Gasteiger partial charge in [0.2, 0.25) is 5.91 Å². The van der Waals surface area contributed by atoms with Crippen LogP contribution in [0.2, 0.25) is 0 Å². The highest BCUT2D eigenvalue weighted by Gasteiger charge is 2.23. The third-order valence-electron chi connectivity index (χ3n) is 4.61. The molecule has 0 bridgehead atoms. The summed E-state index contributed by atoms with van der Waals surface area (Å²) in [4.78, 5) is 26.2. The predicted molar refractivity (Wildman–Crippen MR) is 98.7 cm³/mol. The van der Waals surface area contributed by atoms with Gasteiger partial charge in [0.15, 0.2) is 0 Å². The minimum absolute atomic E-state index is 0.0345. The summed E-state index contributed by atoms with van der Waals surface area (Å²) in [5, 5.41) is 7.15. The zero-order valence-electron chi connectivity index (χ0n) is 14.6. The third-order valence-corrected chi connectivity index (χ3v) is 4.61. The van der Waals surface area contributed by atoms with Crippen molar-refractivity contribution in [3.8, 4) is 5.82 Å². The van der Waals surface area contributed by atoms with E-state index in [0.717, 1.165) is 17.7 Å². The molecule has 7 heteroatoms. The zero-order valence-corrected chi connectivity index (χ0v) is 14.6. The molecule has 26 heavy (non-hydrogen) atoms. The fourth-order valence-corrected chi connectivity index (χ4v) is 3.38. The lowest BCUT2D eigenvalue weighted by Crippen LogP contribution is -2.25. The standard InChI is InChI=1S/C19H19N5O2/c1-13(25)24-10-7-14-11-15(5-6-17(14)24)21-18(26)16-12-20-22(2)19(16)23-8-3-4-9-23/h3-6,8-9,11-12H,7,10H2,1-2H3,(H,21,26). The Morgan fingerprint density at radius 3 is 2.69 bits per heavy atom. The van der Waals surface area contributed by atoms with Crippen LogP contribution in [0.4, 0.5) is 11.4 Å². The normalized spacial score (nSPS) is 12.9. The Morgan fingerprint density at radius 2 is 1.96 bits per heavy atom. The van der Waals surface area contributed by atoms with Crippen LogP contribution in [0.3, 0.4) is 0 Å². The molecule has 3 aromatic rings. The Hall–Kier alpha value is -3.35. The van der Waals surface area contributed by atoms with Crippen LogP contribution in [-0.2, 0) is 18.3 Å². The molecule has 1 aliphatic heterocycles. The number of carbonyl (C=O) groups excluding carboxylic acids is 2. The molecule has 1 aliphatic rings. The van der Waals surface area contributed by atoms with E-state index >= 15 is 0 Å². The maximum absolute atomic E-state index is 12.8. The number of benzene rings is 1. The molecule has 2 amide bonds. The lowest BCUT2D eigenvalue weighted by molar-refractivity contribution is -0.116. The van der Waals surface area contributed by atoms with E-state index in [2.05, 4.69) is 10.4 Å². The van der Waals surface area contributed by atoms with Crippen molar-refractivity contribution >= 4 is 23.2 Å². The second-order valence-corrected chi connectivity index (χ2v) is 6.31. The monoisotopic (exact) mass is 349 g/mol. The number of hydrogen-bond donors (Lipinski definition) is 1. The van der Waals surface area contributed by atoms with Crippen molar-refractivity contribution < 1.29 is 9.59 Å². The van der Waals surface area contributed by atoms with Gasteiger partial charge in [0, 0.05) is 44.3 Å². The number of aryl methyl sites for hydroxylation is 1. The molecule has 1 N–H and O–H groups in total. The van der Waals surface area contributed by atoms with Gasteiger partial charge in [-0.3, -0.25) is 14.3 Å². The summed E-state index contributed by atoms with van der Waals surface area (Å²) in [5.74, 6) is 0.520. The summed E-state index contributed by atoms with van der Waals surface area (Å²) in [6, 6.07) is 9.44. The molecule has 2 aromatic heterocycles. The zero-order chi connectivity index (χ0) is 18.3. The molecule has 4 rings (SSSR count). The van der Waals surface area contributed by atoms with Crippen LogP contribution >= 0.6 is 0 Å². The summed E-state index contributed by atoms with van der Waals surface area (Å²) in [6.07, 6.45) is 6.11. The molecule has 0 atom stereocenters. The van der Waals surface area contributed by atoms with Crippen LogP contribution < -0.4 is 10.2 Å². The summed E-state index contributed by atoms with van der Waals surface area (Å²) >= 11 is 0. The number of carbonyl (C=O) groups is 2. The number of nitrogens with one attached hydrogen (secondary N) is 1. The minimum Gasteiger partial charge on any atom is -0.322 e. The molecular weight excluding hydrogens is 330 g/mol. The van der Waals surface area contributed by atoms with E-state index in [1.807, 2.05) is 47.3 Å². The molecule has 0 saturated carbocycles. The summed E-state index contributed by atoms with van der Waals surface area (Å²) in [5.41, 5.74) is 3.19. The molecule has 0 unspecified atom stereocenters. The topological polar surface area (TPSA) is 72.2 Å². The number of rotatable bonds is 3. The lowest BCUT2D eigenvalue weighted by atomic mass is 10.1. The van der Waals surface area contributed by atoms with Gasteiger partial charge in [0.05, 0.1) is 6.20 Å². The molecule has 7 nitrogen and oxygen atoms in total. The second kappa shape index (κ2) is 6.18. The van der Waals surface area contributed by atoms with Crippen LogP contribution in [0.5, 0.6) is 0 Å². The average molecular weight is 349 g/mol. The summed E-state index contributed by atoms with van der Waals surface area (Å²) in [7, 11) is 1.80. The number of aromatic nitrogens is 3. The predicted octanol–water partition coefficient (Wildman–Crippen LogP) is 2.37. The maximum atomic E-state index is 12.8. The first-order valence-electron chi connectivity index (χ1n) is 8.42. The number of fused-ring (bicyclic) bond motifs is 1. The van der Waals surface area contributed by atoms with Gasteiger partial charge in [0.25, 0.3) is 5.91 Å². The van der Waals surface area contributed by atoms with Gasteiger partial charge in [-0.15, -0.1) is 0 Å². The number of anilines is 2. The van der Waals surface area contributed by atoms with Crippen LogP contribution in [0, 0.1) is 0 Å². The minimum atomic E-state index is -0.219. The second-order valence-electron chi connectivity index (χ2n) is 6.31. The lowest BCUT2D eigenvalue weighted by Gasteiger charge is -2.15. The Kier molecular flexibility index (Phi) is 3.84. The molecule has 3 heterocycles. The van der Waals surface area contributed by atoms with Gasteiger partial charge >= 0.3 is 0 Å². The average Bonchev–Trinajstić information content (AvgIpc) is 3.32. The van der Waals surface area contributed by atoms with E-state index in [-0.39, 0.29) is 11.8 Å². The number of hydrogen-bond acceptors (Lipinski definition) is 3.